The number of aromatic nitrogens is 3. The Bertz CT molecular complexity index is 1010. The smallest absolute Gasteiger partial charge is 0.248 e. The van der Waals surface area contributed by atoms with Crippen LogP contribution in [0.25, 0.3) is 5.69 Å². The van der Waals surface area contributed by atoms with Crippen LogP contribution < -0.4 is 11.1 Å². The summed E-state index contributed by atoms with van der Waals surface area (Å²) in [7, 11) is 0. The molecule has 0 radical (unpaired) electrons. The monoisotopic (exact) mass is 484 g/mol. The Labute approximate surface area is 193 Å². The van der Waals surface area contributed by atoms with Gasteiger partial charge in [0.25, 0.3) is 0 Å². The zero-order valence-electron chi connectivity index (χ0n) is 17.6. The van der Waals surface area contributed by atoms with E-state index in [-0.39, 0.29) is 44.7 Å². The number of amides is 2. The summed E-state index contributed by atoms with van der Waals surface area (Å²) in [4.78, 5) is 30.7. The minimum Gasteiger partial charge on any atom is -0.320 e. The van der Waals surface area contributed by atoms with Crippen LogP contribution in [0.1, 0.15) is 31.2 Å². The second-order valence-corrected chi connectivity index (χ2v) is 9.15. The minimum atomic E-state index is -2.71. The van der Waals surface area contributed by atoms with Crippen molar-refractivity contribution in [2.45, 2.75) is 56.4 Å². The van der Waals surface area contributed by atoms with Gasteiger partial charge in [0.1, 0.15) is 18.8 Å². The highest BCUT2D eigenvalue weighted by atomic mass is 35.5. The SMILES string of the molecule is N[C@H](CC1CC(F)(F)C1)C(=O)NC(=O)C1C[C@@H](F)CN1Cc1cc(Cl)ccc1-n1cncn1. The van der Waals surface area contributed by atoms with Crippen molar-refractivity contribution in [1.29, 1.82) is 0 Å². The maximum Gasteiger partial charge on any atom is 0.248 e. The molecular formula is C21H24ClF3N6O2. The molecule has 1 aliphatic carbocycles. The molecule has 4 rings (SSSR count). The number of hydrogen-bond acceptors (Lipinski definition) is 6. The standard InChI is InChI=1S/C21H24ClF3N6O2/c22-14-1-2-17(31-11-27-10-28-31)13(4-14)8-30-9-15(23)5-18(30)20(33)29-19(32)16(26)3-12-6-21(24,25)7-12/h1-2,4,10-12,15-16,18H,3,5-9,26H2,(H,29,32,33)/t15-,16-,18?/m1/s1. The van der Waals surface area contributed by atoms with Gasteiger partial charge in [0.15, 0.2) is 0 Å². The molecular weight excluding hydrogens is 461 g/mol. The van der Waals surface area contributed by atoms with E-state index in [4.69, 9.17) is 17.3 Å². The van der Waals surface area contributed by atoms with E-state index in [0.29, 0.717) is 16.3 Å². The molecule has 1 saturated heterocycles. The maximum atomic E-state index is 14.3. The molecule has 8 nitrogen and oxygen atoms in total. The number of alkyl halides is 3. The number of nitrogens with two attached hydrogens (primary N) is 1. The third kappa shape index (κ3) is 5.53. The molecule has 1 unspecified atom stereocenters. The third-order valence-electron chi connectivity index (χ3n) is 6.08. The van der Waals surface area contributed by atoms with Gasteiger partial charge in [-0.2, -0.15) is 5.10 Å². The van der Waals surface area contributed by atoms with Gasteiger partial charge in [-0.25, -0.2) is 22.8 Å². The van der Waals surface area contributed by atoms with Gasteiger partial charge in [0.2, 0.25) is 17.7 Å². The van der Waals surface area contributed by atoms with Gasteiger partial charge in [-0.15, -0.1) is 0 Å². The van der Waals surface area contributed by atoms with E-state index in [1.165, 1.54) is 17.3 Å². The number of halogens is 4. The highest BCUT2D eigenvalue weighted by Crippen LogP contribution is 2.44. The predicted octanol–water partition coefficient (Wildman–Crippen LogP) is 2.24. The largest absolute Gasteiger partial charge is 0.320 e. The van der Waals surface area contributed by atoms with E-state index in [1.54, 1.807) is 23.1 Å². The summed E-state index contributed by atoms with van der Waals surface area (Å²) in [6, 6.07) is 3.15. The van der Waals surface area contributed by atoms with E-state index < -0.39 is 36.0 Å². The maximum absolute atomic E-state index is 14.3. The molecule has 1 saturated carbocycles. The fraction of sp³-hybridized carbons (Fsp3) is 0.524. The first-order valence-corrected chi connectivity index (χ1v) is 11.0. The van der Waals surface area contributed by atoms with Crippen LogP contribution in [0.2, 0.25) is 5.02 Å². The van der Waals surface area contributed by atoms with Gasteiger partial charge in [0, 0.05) is 37.4 Å². The first-order valence-electron chi connectivity index (χ1n) is 10.6. The topological polar surface area (TPSA) is 106 Å². The Hall–Kier alpha value is -2.50. The van der Waals surface area contributed by atoms with Gasteiger partial charge >= 0.3 is 0 Å². The summed E-state index contributed by atoms with van der Waals surface area (Å²) in [5, 5.41) is 6.81. The summed E-state index contributed by atoms with van der Waals surface area (Å²) >= 11 is 6.15. The highest BCUT2D eigenvalue weighted by Gasteiger charge is 2.46. The minimum absolute atomic E-state index is 0.00119. The summed E-state index contributed by atoms with van der Waals surface area (Å²) in [5.74, 6) is -4.47. The Morgan fingerprint density at radius 1 is 1.33 bits per heavy atom. The molecule has 1 aromatic heterocycles. The Kier molecular flexibility index (Phi) is 6.73. The summed E-state index contributed by atoms with van der Waals surface area (Å²) in [5.41, 5.74) is 7.19. The van der Waals surface area contributed by atoms with Crippen LogP contribution in [-0.4, -0.2) is 62.2 Å². The molecule has 33 heavy (non-hydrogen) atoms. The van der Waals surface area contributed by atoms with E-state index in [0.717, 1.165) is 0 Å². The zero-order valence-corrected chi connectivity index (χ0v) is 18.4. The number of likely N-dealkylation sites (tertiary alicyclic amines) is 1. The van der Waals surface area contributed by atoms with Crippen LogP contribution in [-0.2, 0) is 16.1 Å². The number of benzene rings is 1. The van der Waals surface area contributed by atoms with Gasteiger partial charge in [-0.1, -0.05) is 11.6 Å². The number of hydrogen-bond donors (Lipinski definition) is 2. The second kappa shape index (κ2) is 9.40. The highest BCUT2D eigenvalue weighted by molar-refractivity contribution is 6.30. The van der Waals surface area contributed by atoms with E-state index in [2.05, 4.69) is 15.4 Å². The number of nitrogens with one attached hydrogen (secondary N) is 1. The van der Waals surface area contributed by atoms with Crippen molar-refractivity contribution in [3.63, 3.8) is 0 Å². The quantitative estimate of drug-likeness (QED) is 0.624. The normalized spacial score (nSPS) is 23.8. The zero-order chi connectivity index (χ0) is 23.8. The van der Waals surface area contributed by atoms with Crippen molar-refractivity contribution in [3.05, 3.63) is 41.4 Å². The van der Waals surface area contributed by atoms with Crippen molar-refractivity contribution >= 4 is 23.4 Å². The molecule has 178 valence electrons. The molecule has 2 aliphatic rings. The van der Waals surface area contributed by atoms with Crippen LogP contribution in [0.5, 0.6) is 0 Å². The lowest BCUT2D eigenvalue weighted by Crippen LogP contribution is -2.51. The van der Waals surface area contributed by atoms with Crippen molar-refractivity contribution in [2.75, 3.05) is 6.54 Å². The molecule has 3 atom stereocenters. The van der Waals surface area contributed by atoms with Crippen molar-refractivity contribution in [2.24, 2.45) is 11.7 Å². The summed E-state index contributed by atoms with van der Waals surface area (Å²) < 4.78 is 41.8. The van der Waals surface area contributed by atoms with Crippen molar-refractivity contribution in [1.82, 2.24) is 25.0 Å². The molecule has 2 aromatic rings. The number of rotatable bonds is 7. The van der Waals surface area contributed by atoms with Crippen LogP contribution >= 0.6 is 11.6 Å². The third-order valence-corrected chi connectivity index (χ3v) is 6.32. The summed E-state index contributed by atoms with van der Waals surface area (Å²) in [6.45, 7) is 0.185. The molecule has 2 fully saturated rings. The lowest BCUT2D eigenvalue weighted by atomic mass is 9.77. The number of carbonyl (C=O) groups is 2. The first-order chi connectivity index (χ1) is 15.6. The van der Waals surface area contributed by atoms with Crippen LogP contribution in [0.4, 0.5) is 13.2 Å². The van der Waals surface area contributed by atoms with Crippen LogP contribution in [0.3, 0.4) is 0 Å². The molecule has 2 heterocycles. The molecule has 0 spiro atoms. The van der Waals surface area contributed by atoms with Crippen LogP contribution in [0, 0.1) is 5.92 Å². The number of nitrogens with zero attached hydrogens (tertiary/aromatic N) is 4. The lowest BCUT2D eigenvalue weighted by Gasteiger charge is -2.36. The summed E-state index contributed by atoms with van der Waals surface area (Å²) in [6.07, 6.45) is 1.00. The number of imide groups is 1. The van der Waals surface area contributed by atoms with Crippen LogP contribution in [0.15, 0.2) is 30.9 Å². The van der Waals surface area contributed by atoms with Crippen molar-refractivity contribution in [3.8, 4) is 5.69 Å². The lowest BCUT2D eigenvalue weighted by molar-refractivity contribution is -0.136. The van der Waals surface area contributed by atoms with E-state index >= 15 is 0 Å². The molecule has 0 bridgehead atoms. The fourth-order valence-electron chi connectivity index (χ4n) is 4.47. The molecule has 1 aromatic carbocycles. The van der Waals surface area contributed by atoms with Crippen molar-refractivity contribution < 1.29 is 22.8 Å². The average molecular weight is 485 g/mol. The molecule has 12 heteroatoms. The molecule has 2 amide bonds. The van der Waals surface area contributed by atoms with Gasteiger partial charge in [0.05, 0.1) is 17.8 Å². The van der Waals surface area contributed by atoms with E-state index in [9.17, 15) is 22.8 Å². The Balaban J connectivity index is 1.41. The van der Waals surface area contributed by atoms with Gasteiger partial charge < -0.3 is 5.73 Å². The van der Waals surface area contributed by atoms with Gasteiger partial charge in [-0.05, 0) is 36.1 Å². The molecule has 3 N–H and O–H groups in total. The number of carbonyl (C=O) groups excluding carboxylic acids is 2. The first kappa shape index (κ1) is 23.7. The Morgan fingerprint density at radius 3 is 2.76 bits per heavy atom. The Morgan fingerprint density at radius 2 is 2.09 bits per heavy atom. The average Bonchev–Trinajstić information content (AvgIpc) is 3.36. The molecule has 1 aliphatic heterocycles. The second-order valence-electron chi connectivity index (χ2n) is 8.72. The van der Waals surface area contributed by atoms with Gasteiger partial charge in [-0.3, -0.25) is 19.8 Å². The predicted molar refractivity (Wildman–Crippen MR) is 113 cm³/mol. The van der Waals surface area contributed by atoms with E-state index in [1.807, 2.05) is 0 Å². The fourth-order valence-corrected chi connectivity index (χ4v) is 4.66.